The van der Waals surface area contributed by atoms with Gasteiger partial charge in [-0.05, 0) is 25.1 Å². The minimum atomic E-state index is -4.58. The van der Waals surface area contributed by atoms with E-state index in [0.29, 0.717) is 11.3 Å². The highest BCUT2D eigenvalue weighted by atomic mass is 35.5. The van der Waals surface area contributed by atoms with Gasteiger partial charge in [0.05, 0.1) is 40.3 Å². The monoisotopic (exact) mass is 420 g/mol. The molecule has 1 aliphatic heterocycles. The zero-order valence-corrected chi connectivity index (χ0v) is 15.6. The first-order chi connectivity index (χ1) is 13.7. The van der Waals surface area contributed by atoms with Crippen LogP contribution in [0.2, 0.25) is 5.02 Å². The number of alkyl halides is 3. The second-order valence-electron chi connectivity index (χ2n) is 6.54. The van der Waals surface area contributed by atoms with Crippen LogP contribution < -0.4 is 4.90 Å². The maximum atomic E-state index is 13.2. The fourth-order valence-corrected chi connectivity index (χ4v) is 3.58. The number of carbonyl (C=O) groups is 1. The van der Waals surface area contributed by atoms with Crippen LogP contribution in [0.3, 0.4) is 0 Å². The van der Waals surface area contributed by atoms with Gasteiger partial charge in [0.15, 0.2) is 0 Å². The van der Waals surface area contributed by atoms with E-state index >= 15 is 0 Å². The average molecular weight is 421 g/mol. The van der Waals surface area contributed by atoms with Crippen molar-refractivity contribution in [3.05, 3.63) is 52.7 Å². The number of anilines is 1. The van der Waals surface area contributed by atoms with Crippen molar-refractivity contribution in [3.63, 3.8) is 0 Å². The Morgan fingerprint density at radius 2 is 2.10 bits per heavy atom. The van der Waals surface area contributed by atoms with E-state index in [-0.39, 0.29) is 29.8 Å². The lowest BCUT2D eigenvalue weighted by Crippen LogP contribution is -2.42. The molecule has 0 spiro atoms. The Morgan fingerprint density at radius 3 is 2.72 bits per heavy atom. The van der Waals surface area contributed by atoms with Crippen LogP contribution in [0.4, 0.5) is 18.9 Å². The molecule has 1 atom stereocenters. The molecule has 3 heterocycles. The summed E-state index contributed by atoms with van der Waals surface area (Å²) in [6, 6.07) is 4.84. The number of fused-ring (bicyclic) bond motifs is 1. The predicted octanol–water partition coefficient (Wildman–Crippen LogP) is 4.04. The Morgan fingerprint density at radius 1 is 1.34 bits per heavy atom. The van der Waals surface area contributed by atoms with Gasteiger partial charge in [-0.2, -0.15) is 23.5 Å². The van der Waals surface area contributed by atoms with Gasteiger partial charge in [-0.3, -0.25) is 9.48 Å². The lowest BCUT2D eigenvalue weighted by Gasteiger charge is -2.32. The number of H-pyrrole nitrogens is 1. The number of nitrogens with zero attached hydrogens (tertiary/aromatic N) is 5. The van der Waals surface area contributed by atoms with Gasteiger partial charge in [0.25, 0.3) is 5.91 Å². The number of hydrogen-bond acceptors (Lipinski definition) is 4. The molecule has 0 saturated heterocycles. The predicted molar refractivity (Wildman–Crippen MR) is 97.4 cm³/mol. The SMILES string of the molecule is CC1CN(c2ccc(C(F)(F)F)c(Cl)c2)C(=O)c2c(-c3cnc(C#N)[nH]3)cnn21. The van der Waals surface area contributed by atoms with E-state index in [9.17, 15) is 18.0 Å². The summed E-state index contributed by atoms with van der Waals surface area (Å²) in [6.07, 6.45) is -1.68. The number of nitrogens with one attached hydrogen (secondary N) is 1. The highest BCUT2D eigenvalue weighted by Crippen LogP contribution is 2.38. The van der Waals surface area contributed by atoms with Gasteiger partial charge in [0.2, 0.25) is 5.82 Å². The Hall–Kier alpha value is -3.32. The average Bonchev–Trinajstić information content (AvgIpc) is 3.30. The number of hydrogen-bond donors (Lipinski definition) is 1. The van der Waals surface area contributed by atoms with Gasteiger partial charge in [0.1, 0.15) is 11.8 Å². The Kier molecular flexibility index (Phi) is 4.35. The molecule has 1 aromatic carbocycles. The quantitative estimate of drug-likeness (QED) is 0.677. The van der Waals surface area contributed by atoms with E-state index in [1.807, 2.05) is 13.0 Å². The van der Waals surface area contributed by atoms with E-state index in [2.05, 4.69) is 15.1 Å². The smallest absolute Gasteiger partial charge is 0.329 e. The molecule has 1 N–H and O–H groups in total. The van der Waals surface area contributed by atoms with E-state index in [1.165, 1.54) is 23.4 Å². The maximum Gasteiger partial charge on any atom is 0.417 e. The van der Waals surface area contributed by atoms with Crippen LogP contribution in [0, 0.1) is 11.3 Å². The molecule has 2 aromatic heterocycles. The third-order valence-electron chi connectivity index (χ3n) is 4.65. The van der Waals surface area contributed by atoms with Crippen LogP contribution in [0.25, 0.3) is 11.3 Å². The Labute approximate surface area is 167 Å². The Bertz CT molecular complexity index is 1160. The van der Waals surface area contributed by atoms with Crippen molar-refractivity contribution < 1.29 is 18.0 Å². The van der Waals surface area contributed by atoms with Gasteiger partial charge in [0, 0.05) is 12.2 Å². The zero-order valence-electron chi connectivity index (χ0n) is 14.8. The molecular formula is C18H12ClF3N6O. The van der Waals surface area contributed by atoms with E-state index in [1.54, 1.807) is 4.68 Å². The molecule has 11 heteroatoms. The van der Waals surface area contributed by atoms with Gasteiger partial charge in [-0.15, -0.1) is 0 Å². The molecule has 1 aliphatic rings. The number of imidazole rings is 1. The summed E-state index contributed by atoms with van der Waals surface area (Å²) in [4.78, 5) is 21.2. The van der Waals surface area contributed by atoms with Crippen LogP contribution in [0.5, 0.6) is 0 Å². The Balaban J connectivity index is 1.76. The van der Waals surface area contributed by atoms with Crippen molar-refractivity contribution in [1.82, 2.24) is 19.7 Å². The molecule has 4 rings (SSSR count). The van der Waals surface area contributed by atoms with Crippen LogP contribution in [0.15, 0.2) is 30.6 Å². The normalized spacial score (nSPS) is 16.6. The topological polar surface area (TPSA) is 90.6 Å². The maximum absolute atomic E-state index is 13.2. The summed E-state index contributed by atoms with van der Waals surface area (Å²) in [7, 11) is 0. The first-order valence-electron chi connectivity index (χ1n) is 8.42. The first kappa shape index (κ1) is 19.0. The van der Waals surface area contributed by atoms with Crippen molar-refractivity contribution in [1.29, 1.82) is 5.26 Å². The van der Waals surface area contributed by atoms with Crippen molar-refractivity contribution in [3.8, 4) is 17.3 Å². The number of nitriles is 1. The minimum Gasteiger partial charge on any atom is -0.329 e. The van der Waals surface area contributed by atoms with Crippen molar-refractivity contribution >= 4 is 23.2 Å². The third-order valence-corrected chi connectivity index (χ3v) is 4.96. The molecule has 0 bridgehead atoms. The van der Waals surface area contributed by atoms with Crippen LogP contribution >= 0.6 is 11.6 Å². The van der Waals surface area contributed by atoms with Crippen LogP contribution in [0.1, 0.15) is 34.8 Å². The summed E-state index contributed by atoms with van der Waals surface area (Å²) in [6.45, 7) is 2.04. The molecule has 7 nitrogen and oxygen atoms in total. The fraction of sp³-hybridized carbons (Fsp3) is 0.222. The molecule has 0 saturated carbocycles. The van der Waals surface area contributed by atoms with Crippen LogP contribution in [-0.2, 0) is 6.18 Å². The number of halogens is 4. The number of carbonyl (C=O) groups excluding carboxylic acids is 1. The van der Waals surface area contributed by atoms with Gasteiger partial charge in [-0.1, -0.05) is 11.6 Å². The molecule has 1 amide bonds. The minimum absolute atomic E-state index is 0.0858. The summed E-state index contributed by atoms with van der Waals surface area (Å²) < 4.78 is 40.5. The van der Waals surface area contributed by atoms with Gasteiger partial charge >= 0.3 is 6.18 Å². The molecule has 1 unspecified atom stereocenters. The lowest BCUT2D eigenvalue weighted by molar-refractivity contribution is -0.137. The zero-order chi connectivity index (χ0) is 20.9. The van der Waals surface area contributed by atoms with Gasteiger partial charge in [-0.25, -0.2) is 4.98 Å². The second-order valence-corrected chi connectivity index (χ2v) is 6.94. The molecule has 0 aliphatic carbocycles. The number of rotatable bonds is 2. The standard InChI is InChI=1S/C18H12ClF3N6O/c1-9-8-27(10-2-3-12(13(19)4-10)18(20,21)22)17(29)16-11(6-25-28(9)16)14-7-24-15(5-23)26-14/h2-4,6-7,9H,8H2,1H3,(H,24,26). The van der Waals surface area contributed by atoms with Crippen molar-refractivity contribution in [2.75, 3.05) is 11.4 Å². The largest absolute Gasteiger partial charge is 0.417 e. The molecule has 0 fully saturated rings. The second kappa shape index (κ2) is 6.63. The number of benzene rings is 1. The molecular weight excluding hydrogens is 409 g/mol. The third kappa shape index (κ3) is 3.13. The highest BCUT2D eigenvalue weighted by molar-refractivity contribution is 6.31. The summed E-state index contributed by atoms with van der Waals surface area (Å²) in [5.74, 6) is -0.359. The summed E-state index contributed by atoms with van der Waals surface area (Å²) >= 11 is 5.82. The molecule has 29 heavy (non-hydrogen) atoms. The van der Waals surface area contributed by atoms with Gasteiger partial charge < -0.3 is 9.88 Å². The lowest BCUT2D eigenvalue weighted by atomic mass is 10.1. The number of amides is 1. The van der Waals surface area contributed by atoms with E-state index < -0.39 is 22.7 Å². The highest BCUT2D eigenvalue weighted by Gasteiger charge is 2.36. The first-order valence-corrected chi connectivity index (χ1v) is 8.80. The summed E-state index contributed by atoms with van der Waals surface area (Å²) in [5.41, 5.74) is 0.412. The van der Waals surface area contributed by atoms with Crippen molar-refractivity contribution in [2.45, 2.75) is 19.1 Å². The van der Waals surface area contributed by atoms with Crippen LogP contribution in [-0.4, -0.2) is 32.2 Å². The fourth-order valence-electron chi connectivity index (χ4n) is 3.30. The molecule has 148 valence electrons. The molecule has 3 aromatic rings. The summed E-state index contributed by atoms with van der Waals surface area (Å²) in [5, 5.41) is 12.7. The number of aromatic amines is 1. The molecule has 0 radical (unpaired) electrons. The van der Waals surface area contributed by atoms with E-state index in [0.717, 1.165) is 12.1 Å². The number of aromatic nitrogens is 4. The van der Waals surface area contributed by atoms with Crippen molar-refractivity contribution in [2.24, 2.45) is 0 Å². The van der Waals surface area contributed by atoms with E-state index in [4.69, 9.17) is 16.9 Å².